The van der Waals surface area contributed by atoms with Crippen molar-refractivity contribution in [3.63, 3.8) is 0 Å². The first kappa shape index (κ1) is 25.5. The van der Waals surface area contributed by atoms with Gasteiger partial charge in [0.1, 0.15) is 0 Å². The zero-order valence-corrected chi connectivity index (χ0v) is 20.7. The van der Waals surface area contributed by atoms with E-state index in [0.29, 0.717) is 15.9 Å². The molecule has 4 aromatic rings. The van der Waals surface area contributed by atoms with Gasteiger partial charge < -0.3 is 0 Å². The fourth-order valence-electron chi connectivity index (χ4n) is 4.52. The molecule has 0 fully saturated rings. The van der Waals surface area contributed by atoms with Gasteiger partial charge in [-0.1, -0.05) is 0 Å². The Balaban J connectivity index is 2.19. The van der Waals surface area contributed by atoms with Crippen molar-refractivity contribution in [1.82, 2.24) is 0 Å². The van der Waals surface area contributed by atoms with Gasteiger partial charge >= 0.3 is 207 Å². The summed E-state index contributed by atoms with van der Waals surface area (Å²) in [4.78, 5) is 0. The number of halogens is 7. The van der Waals surface area contributed by atoms with Gasteiger partial charge in [-0.05, 0) is 0 Å². The molecule has 0 aliphatic heterocycles. The van der Waals surface area contributed by atoms with Gasteiger partial charge in [-0.15, -0.1) is 0 Å². The van der Waals surface area contributed by atoms with Gasteiger partial charge in [0.25, 0.3) is 0 Å². The van der Waals surface area contributed by atoms with Crippen molar-refractivity contribution in [1.29, 1.82) is 0 Å². The summed E-state index contributed by atoms with van der Waals surface area (Å²) in [6, 6.07) is 28.5. The number of hydrogen-bond acceptors (Lipinski definition) is 0. The van der Waals surface area contributed by atoms with Crippen LogP contribution in [-0.2, 0) is 18.5 Å². The van der Waals surface area contributed by atoms with E-state index in [1.807, 2.05) is 0 Å². The van der Waals surface area contributed by atoms with E-state index in [4.69, 9.17) is 0 Å². The summed E-state index contributed by atoms with van der Waals surface area (Å²) in [5.74, 6) is 0. The summed E-state index contributed by atoms with van der Waals surface area (Å²) in [6.07, 6.45) is -10.5. The maximum atomic E-state index is 14.2. The molecule has 0 saturated carbocycles. The third-order valence-corrected chi connectivity index (χ3v) is 15.6. The minimum absolute atomic E-state index is 0.520. The van der Waals surface area contributed by atoms with Gasteiger partial charge in [0, 0.05) is 0 Å². The summed E-state index contributed by atoms with van der Waals surface area (Å²) in [5, 5.41) is -2.22. The molecule has 0 saturated heterocycles. The SMILES string of the molecule is FC(F)(F)c1cccc(C(F)(F)F)c1CP(Br)(c1ccccc1)(c1ccccc1)c1ccccc1. The third-order valence-electron chi connectivity index (χ3n) is 6.13. The monoisotopic (exact) mass is 568 g/mol. The molecule has 0 atom stereocenters. The van der Waals surface area contributed by atoms with Gasteiger partial charge in [-0.3, -0.25) is 0 Å². The van der Waals surface area contributed by atoms with Crippen molar-refractivity contribution >= 4 is 36.7 Å². The van der Waals surface area contributed by atoms with Crippen LogP contribution in [-0.4, -0.2) is 0 Å². The molecule has 0 heterocycles. The molecule has 0 aliphatic rings. The second-order valence-electron chi connectivity index (χ2n) is 8.17. The Morgan fingerprint density at radius 3 is 1.09 bits per heavy atom. The Kier molecular flexibility index (Phi) is 6.62. The van der Waals surface area contributed by atoms with E-state index in [9.17, 15) is 26.3 Å². The Labute approximate surface area is 207 Å². The van der Waals surface area contributed by atoms with E-state index in [0.717, 1.165) is 18.2 Å². The Bertz CT molecular complexity index is 1170. The van der Waals surface area contributed by atoms with Crippen molar-refractivity contribution < 1.29 is 26.3 Å². The van der Waals surface area contributed by atoms with Crippen LogP contribution in [0.4, 0.5) is 26.3 Å². The number of alkyl halides is 6. The minimum atomic E-state index is -4.97. The number of hydrogen-bond donors (Lipinski definition) is 0. The Hall–Kier alpha value is -2.63. The molecule has 35 heavy (non-hydrogen) atoms. The van der Waals surface area contributed by atoms with E-state index in [2.05, 4.69) is 15.5 Å². The molecule has 0 spiro atoms. The fourth-order valence-corrected chi connectivity index (χ4v) is 12.2. The predicted molar refractivity (Wildman–Crippen MR) is 134 cm³/mol. The molecule has 0 radical (unpaired) electrons. The predicted octanol–water partition coefficient (Wildman–Crippen LogP) is 8.06. The van der Waals surface area contributed by atoms with Crippen LogP contribution >= 0.6 is 20.8 Å². The van der Waals surface area contributed by atoms with Crippen molar-refractivity contribution in [2.75, 3.05) is 0 Å². The molecule has 0 aromatic heterocycles. The number of rotatable bonds is 5. The van der Waals surface area contributed by atoms with Crippen LogP contribution in [0.15, 0.2) is 109 Å². The zero-order valence-electron chi connectivity index (χ0n) is 18.2. The van der Waals surface area contributed by atoms with E-state index >= 15 is 0 Å². The van der Waals surface area contributed by atoms with E-state index in [1.54, 1.807) is 91.0 Å². The second-order valence-corrected chi connectivity index (χ2v) is 17.1. The van der Waals surface area contributed by atoms with Crippen LogP contribution in [0.3, 0.4) is 0 Å². The van der Waals surface area contributed by atoms with Gasteiger partial charge in [0.05, 0.1) is 0 Å². The second kappa shape index (κ2) is 9.11. The number of benzene rings is 4. The summed E-state index contributed by atoms with van der Waals surface area (Å²) >= 11 is 3.95. The van der Waals surface area contributed by atoms with Crippen molar-refractivity contribution in [3.05, 3.63) is 126 Å². The van der Waals surface area contributed by atoms with Crippen LogP contribution in [0.5, 0.6) is 0 Å². The molecular weight excluding hydrogens is 549 g/mol. The summed E-state index contributed by atoms with van der Waals surface area (Å²) < 4.78 is 84.9. The summed E-state index contributed by atoms with van der Waals surface area (Å²) in [5.41, 5.74) is -3.36. The normalized spacial score (nSPS) is 13.7. The van der Waals surface area contributed by atoms with Gasteiger partial charge in [-0.25, -0.2) is 0 Å². The molecule has 8 heteroatoms. The van der Waals surface area contributed by atoms with Crippen LogP contribution in [0.25, 0.3) is 0 Å². The van der Waals surface area contributed by atoms with Gasteiger partial charge in [-0.2, -0.15) is 0 Å². The van der Waals surface area contributed by atoms with Crippen molar-refractivity contribution in [3.8, 4) is 0 Å². The van der Waals surface area contributed by atoms with E-state index in [1.165, 1.54) is 0 Å². The molecule has 182 valence electrons. The fraction of sp³-hybridized carbons (Fsp3) is 0.111. The molecule has 0 nitrogen and oxygen atoms in total. The standard InChI is InChI=1S/C27H20BrF6P/c28-35(20-11-4-1-5-12-20,21-13-6-2-7-14-21,22-15-8-3-9-16-22)19-23-24(26(29,30)31)17-10-18-25(23)27(32,33)34/h1-18H,19H2. The molecule has 0 amide bonds. The van der Waals surface area contributed by atoms with E-state index in [-0.39, 0.29) is 0 Å². The Morgan fingerprint density at radius 1 is 0.486 bits per heavy atom. The molecule has 4 aromatic carbocycles. The average molecular weight is 569 g/mol. The molecule has 0 unspecified atom stereocenters. The van der Waals surface area contributed by atoms with Crippen LogP contribution < -0.4 is 15.9 Å². The first-order chi connectivity index (χ1) is 16.5. The average Bonchev–Trinajstić information content (AvgIpc) is 2.84. The summed E-state index contributed by atoms with van der Waals surface area (Å²) in [6.45, 7) is 0. The molecule has 4 rings (SSSR count). The molecule has 0 bridgehead atoms. The Morgan fingerprint density at radius 2 is 0.800 bits per heavy atom. The zero-order chi connectivity index (χ0) is 25.3. The van der Waals surface area contributed by atoms with E-state index < -0.39 is 40.5 Å². The third kappa shape index (κ3) is 4.52. The van der Waals surface area contributed by atoms with Crippen LogP contribution in [0, 0.1) is 0 Å². The van der Waals surface area contributed by atoms with Crippen LogP contribution in [0.1, 0.15) is 16.7 Å². The van der Waals surface area contributed by atoms with Crippen molar-refractivity contribution in [2.45, 2.75) is 18.5 Å². The topological polar surface area (TPSA) is 0 Å². The molecule has 0 aliphatic carbocycles. The molecular formula is C27H20BrF6P. The summed E-state index contributed by atoms with van der Waals surface area (Å²) in [7, 11) is 0. The van der Waals surface area contributed by atoms with Crippen molar-refractivity contribution in [2.24, 2.45) is 0 Å². The van der Waals surface area contributed by atoms with Crippen LogP contribution in [0.2, 0.25) is 0 Å². The maximum absolute atomic E-state index is 14.2. The quantitative estimate of drug-likeness (QED) is 0.169. The first-order valence-corrected chi connectivity index (χ1v) is 15.1. The molecule has 0 N–H and O–H groups in total. The van der Waals surface area contributed by atoms with Gasteiger partial charge in [0.2, 0.25) is 0 Å². The first-order valence-electron chi connectivity index (χ1n) is 10.6. The van der Waals surface area contributed by atoms with Gasteiger partial charge in [0.15, 0.2) is 0 Å².